The Morgan fingerprint density at radius 1 is 1.09 bits per heavy atom. The van der Waals surface area contributed by atoms with Gasteiger partial charge in [-0.25, -0.2) is 0 Å². The van der Waals surface area contributed by atoms with Crippen molar-refractivity contribution in [2.45, 2.75) is 20.0 Å². The fraction of sp³-hybridized carbons (Fsp3) is 0.278. The first-order chi connectivity index (χ1) is 10.6. The van der Waals surface area contributed by atoms with Gasteiger partial charge < -0.3 is 15.2 Å². The van der Waals surface area contributed by atoms with E-state index < -0.39 is 6.10 Å². The quantitative estimate of drug-likeness (QED) is 0.862. The smallest absolute Gasteiger partial charge is 0.258 e. The van der Waals surface area contributed by atoms with Crippen molar-refractivity contribution in [3.05, 3.63) is 65.2 Å². The molecule has 116 valence electrons. The zero-order chi connectivity index (χ0) is 15.9. The highest BCUT2D eigenvalue weighted by atomic mass is 16.5. The molecule has 4 nitrogen and oxygen atoms in total. The van der Waals surface area contributed by atoms with Crippen LogP contribution in [0.15, 0.2) is 48.5 Å². The van der Waals surface area contributed by atoms with Crippen LogP contribution in [-0.4, -0.2) is 24.2 Å². The lowest BCUT2D eigenvalue weighted by Gasteiger charge is -2.14. The van der Waals surface area contributed by atoms with Gasteiger partial charge in [0.15, 0.2) is 6.61 Å². The van der Waals surface area contributed by atoms with Crippen LogP contribution in [0.4, 0.5) is 0 Å². The number of nitrogens with one attached hydrogen (secondary N) is 1. The first kappa shape index (κ1) is 16.0. The summed E-state index contributed by atoms with van der Waals surface area (Å²) in [6.07, 6.45) is -0.717. The van der Waals surface area contributed by atoms with Gasteiger partial charge in [0.05, 0.1) is 6.10 Å². The molecule has 0 aliphatic carbocycles. The van der Waals surface area contributed by atoms with E-state index in [-0.39, 0.29) is 19.1 Å². The summed E-state index contributed by atoms with van der Waals surface area (Å²) in [6.45, 7) is 3.99. The maximum absolute atomic E-state index is 11.8. The molecule has 22 heavy (non-hydrogen) atoms. The minimum atomic E-state index is -0.717. The second kappa shape index (κ2) is 7.61. The Hall–Kier alpha value is -2.33. The van der Waals surface area contributed by atoms with E-state index in [1.165, 1.54) is 0 Å². The lowest BCUT2D eigenvalue weighted by atomic mass is 10.1. The molecule has 0 radical (unpaired) electrons. The van der Waals surface area contributed by atoms with E-state index in [0.29, 0.717) is 0 Å². The maximum Gasteiger partial charge on any atom is 0.258 e. The highest BCUT2D eigenvalue weighted by molar-refractivity contribution is 5.77. The summed E-state index contributed by atoms with van der Waals surface area (Å²) in [5.41, 5.74) is 2.77. The fourth-order valence-corrected chi connectivity index (χ4v) is 2.22. The monoisotopic (exact) mass is 299 g/mol. The van der Waals surface area contributed by atoms with Gasteiger partial charge in [0, 0.05) is 6.54 Å². The summed E-state index contributed by atoms with van der Waals surface area (Å²) in [5.74, 6) is 0.485. The number of rotatable bonds is 6. The molecule has 1 amide bonds. The second-order valence-corrected chi connectivity index (χ2v) is 5.24. The zero-order valence-corrected chi connectivity index (χ0v) is 12.9. The average Bonchev–Trinajstić information content (AvgIpc) is 2.53. The highest BCUT2D eigenvalue weighted by Gasteiger charge is 2.10. The first-order valence-corrected chi connectivity index (χ1v) is 7.26. The van der Waals surface area contributed by atoms with Crippen molar-refractivity contribution in [3.63, 3.8) is 0 Å². The average molecular weight is 299 g/mol. The Balaban J connectivity index is 1.81. The Morgan fingerprint density at radius 2 is 1.73 bits per heavy atom. The van der Waals surface area contributed by atoms with E-state index in [2.05, 4.69) is 5.32 Å². The lowest BCUT2D eigenvalue weighted by molar-refractivity contribution is -0.123. The van der Waals surface area contributed by atoms with Gasteiger partial charge in [0.1, 0.15) is 5.75 Å². The molecule has 2 N–H and O–H groups in total. The molecule has 0 aromatic heterocycles. The number of aryl methyl sites for hydroxylation is 2. The molecule has 0 bridgehead atoms. The van der Waals surface area contributed by atoms with Crippen LogP contribution in [0.3, 0.4) is 0 Å². The molecule has 0 aliphatic rings. The standard InChI is InChI=1S/C18H21NO3/c1-13-7-6-8-14(2)18(13)22-12-17(21)19-11-16(20)15-9-4-3-5-10-15/h3-10,16,20H,11-12H2,1-2H3,(H,19,21). The third-order valence-corrected chi connectivity index (χ3v) is 3.43. The summed E-state index contributed by atoms with van der Waals surface area (Å²) in [7, 11) is 0. The van der Waals surface area contributed by atoms with E-state index in [1.807, 2.05) is 62.4 Å². The van der Waals surface area contributed by atoms with E-state index in [4.69, 9.17) is 4.74 Å². The minimum absolute atomic E-state index is 0.0623. The van der Waals surface area contributed by atoms with Crippen molar-refractivity contribution in [1.82, 2.24) is 5.32 Å². The van der Waals surface area contributed by atoms with Gasteiger partial charge in [-0.2, -0.15) is 0 Å². The maximum atomic E-state index is 11.8. The molecule has 0 saturated heterocycles. The summed E-state index contributed by atoms with van der Waals surface area (Å²) in [6, 6.07) is 15.1. The summed E-state index contributed by atoms with van der Waals surface area (Å²) in [5, 5.41) is 12.7. The normalized spacial score (nSPS) is 11.8. The van der Waals surface area contributed by atoms with Crippen LogP contribution in [0.5, 0.6) is 5.75 Å². The number of carbonyl (C=O) groups is 1. The molecule has 1 atom stereocenters. The third-order valence-electron chi connectivity index (χ3n) is 3.43. The van der Waals surface area contributed by atoms with E-state index in [9.17, 15) is 9.90 Å². The van der Waals surface area contributed by atoms with Crippen molar-refractivity contribution < 1.29 is 14.6 Å². The van der Waals surface area contributed by atoms with Gasteiger partial charge in [-0.3, -0.25) is 4.79 Å². The zero-order valence-electron chi connectivity index (χ0n) is 12.9. The third kappa shape index (κ3) is 4.33. The topological polar surface area (TPSA) is 58.6 Å². The number of amides is 1. The van der Waals surface area contributed by atoms with Crippen LogP contribution in [0, 0.1) is 13.8 Å². The molecule has 0 fully saturated rings. The van der Waals surface area contributed by atoms with Crippen LogP contribution in [0.1, 0.15) is 22.8 Å². The first-order valence-electron chi connectivity index (χ1n) is 7.26. The van der Waals surface area contributed by atoms with E-state index in [0.717, 1.165) is 22.4 Å². The van der Waals surface area contributed by atoms with Gasteiger partial charge in [-0.15, -0.1) is 0 Å². The van der Waals surface area contributed by atoms with Crippen LogP contribution in [0.25, 0.3) is 0 Å². The van der Waals surface area contributed by atoms with Crippen LogP contribution >= 0.6 is 0 Å². The molecule has 2 aromatic carbocycles. The van der Waals surface area contributed by atoms with Crippen molar-refractivity contribution in [2.24, 2.45) is 0 Å². The largest absolute Gasteiger partial charge is 0.483 e. The number of aliphatic hydroxyl groups is 1. The molecule has 0 heterocycles. The Bertz CT molecular complexity index is 605. The molecule has 1 unspecified atom stereocenters. The van der Waals surface area contributed by atoms with Crippen LogP contribution in [0.2, 0.25) is 0 Å². The van der Waals surface area contributed by atoms with Crippen LogP contribution < -0.4 is 10.1 Å². The Morgan fingerprint density at radius 3 is 2.36 bits per heavy atom. The number of hydrogen-bond acceptors (Lipinski definition) is 3. The predicted octanol–water partition coefficient (Wildman–Crippen LogP) is 2.53. The molecule has 0 saturated carbocycles. The van der Waals surface area contributed by atoms with Crippen molar-refractivity contribution in [2.75, 3.05) is 13.2 Å². The molecular weight excluding hydrogens is 278 g/mol. The number of ether oxygens (including phenoxy) is 1. The fourth-order valence-electron chi connectivity index (χ4n) is 2.22. The van der Waals surface area contributed by atoms with Crippen LogP contribution in [-0.2, 0) is 4.79 Å². The summed E-state index contributed by atoms with van der Waals surface area (Å²) in [4.78, 5) is 11.8. The highest BCUT2D eigenvalue weighted by Crippen LogP contribution is 2.22. The van der Waals surface area contributed by atoms with Gasteiger partial charge in [-0.05, 0) is 30.5 Å². The molecule has 2 aromatic rings. The van der Waals surface area contributed by atoms with Crippen molar-refractivity contribution in [1.29, 1.82) is 0 Å². The molecular formula is C18H21NO3. The van der Waals surface area contributed by atoms with E-state index >= 15 is 0 Å². The number of aliphatic hydroxyl groups excluding tert-OH is 1. The number of benzene rings is 2. The Kier molecular flexibility index (Phi) is 5.55. The van der Waals surface area contributed by atoms with Gasteiger partial charge in [-0.1, -0.05) is 48.5 Å². The van der Waals surface area contributed by atoms with E-state index in [1.54, 1.807) is 0 Å². The number of hydrogen-bond donors (Lipinski definition) is 2. The lowest BCUT2D eigenvalue weighted by Crippen LogP contribution is -2.32. The van der Waals surface area contributed by atoms with Gasteiger partial charge >= 0.3 is 0 Å². The Labute approximate surface area is 130 Å². The minimum Gasteiger partial charge on any atom is -0.483 e. The number of carbonyl (C=O) groups excluding carboxylic acids is 1. The van der Waals surface area contributed by atoms with Crippen molar-refractivity contribution in [3.8, 4) is 5.75 Å². The molecule has 0 spiro atoms. The predicted molar refractivity (Wildman–Crippen MR) is 85.8 cm³/mol. The summed E-state index contributed by atoms with van der Waals surface area (Å²) >= 11 is 0. The van der Waals surface area contributed by atoms with Gasteiger partial charge in [0.2, 0.25) is 0 Å². The van der Waals surface area contributed by atoms with Crippen molar-refractivity contribution >= 4 is 5.91 Å². The second-order valence-electron chi connectivity index (χ2n) is 5.24. The SMILES string of the molecule is Cc1cccc(C)c1OCC(=O)NCC(O)c1ccccc1. The summed E-state index contributed by atoms with van der Waals surface area (Å²) < 4.78 is 5.57. The van der Waals surface area contributed by atoms with Gasteiger partial charge in [0.25, 0.3) is 5.91 Å². The molecule has 4 heteroatoms. The molecule has 2 rings (SSSR count). The molecule has 0 aliphatic heterocycles. The number of para-hydroxylation sites is 1.